The molecule has 26 heavy (non-hydrogen) atoms. The van der Waals surface area contributed by atoms with E-state index in [1.165, 1.54) is 0 Å². The first-order valence-corrected chi connectivity index (χ1v) is 8.40. The molecular formula is C19H16F2N4O. The minimum atomic E-state index is -0.793. The molecule has 2 heterocycles. The smallest absolute Gasteiger partial charge is 0.255 e. The van der Waals surface area contributed by atoms with Crippen molar-refractivity contribution in [2.75, 3.05) is 5.32 Å². The van der Waals surface area contributed by atoms with Gasteiger partial charge in [-0.3, -0.25) is 4.79 Å². The highest BCUT2D eigenvalue weighted by molar-refractivity contribution is 6.04. The van der Waals surface area contributed by atoms with Gasteiger partial charge in [-0.1, -0.05) is 12.1 Å². The quantitative estimate of drug-likeness (QED) is 0.778. The van der Waals surface area contributed by atoms with Crippen molar-refractivity contribution in [1.29, 1.82) is 0 Å². The third kappa shape index (κ3) is 3.20. The van der Waals surface area contributed by atoms with E-state index in [1.54, 1.807) is 18.2 Å². The van der Waals surface area contributed by atoms with Crippen LogP contribution in [0.15, 0.2) is 42.5 Å². The summed E-state index contributed by atoms with van der Waals surface area (Å²) in [4.78, 5) is 12.3. The van der Waals surface area contributed by atoms with Crippen LogP contribution in [0.2, 0.25) is 0 Å². The van der Waals surface area contributed by atoms with E-state index < -0.39 is 17.5 Å². The molecule has 1 amide bonds. The molecule has 0 radical (unpaired) electrons. The fraction of sp³-hybridized carbons (Fsp3) is 0.211. The summed E-state index contributed by atoms with van der Waals surface area (Å²) in [5, 5.41) is 11.2. The van der Waals surface area contributed by atoms with Crippen molar-refractivity contribution in [3.05, 3.63) is 65.5 Å². The Balaban J connectivity index is 1.60. The maximum Gasteiger partial charge on any atom is 0.255 e. The first-order chi connectivity index (χ1) is 12.6. The highest BCUT2D eigenvalue weighted by Gasteiger charge is 2.17. The molecule has 1 aromatic heterocycles. The zero-order valence-corrected chi connectivity index (χ0v) is 13.9. The minimum absolute atomic E-state index is 0.0761. The van der Waals surface area contributed by atoms with Gasteiger partial charge < -0.3 is 9.88 Å². The Bertz CT molecular complexity index is 963. The molecular weight excluding hydrogens is 338 g/mol. The number of hydrogen-bond donors (Lipinski definition) is 1. The Morgan fingerprint density at radius 2 is 1.85 bits per heavy atom. The van der Waals surface area contributed by atoms with Crippen LogP contribution in [0.5, 0.6) is 0 Å². The summed E-state index contributed by atoms with van der Waals surface area (Å²) in [5.74, 6) is -0.440. The molecule has 3 aromatic rings. The van der Waals surface area contributed by atoms with Gasteiger partial charge in [0.1, 0.15) is 17.5 Å². The van der Waals surface area contributed by atoms with Crippen molar-refractivity contribution in [2.24, 2.45) is 0 Å². The molecule has 5 nitrogen and oxygen atoms in total. The molecule has 4 rings (SSSR count). The molecule has 2 aromatic carbocycles. The van der Waals surface area contributed by atoms with Crippen LogP contribution in [-0.4, -0.2) is 20.7 Å². The number of nitrogens with one attached hydrogen (secondary N) is 1. The summed E-state index contributed by atoms with van der Waals surface area (Å²) in [6.07, 6.45) is 3.10. The Hall–Kier alpha value is -3.09. The second-order valence-corrected chi connectivity index (χ2v) is 6.24. The lowest BCUT2D eigenvalue weighted by Crippen LogP contribution is -2.13. The Labute approximate surface area is 148 Å². The Morgan fingerprint density at radius 1 is 1.04 bits per heavy atom. The maximum atomic E-state index is 13.3. The number of hydrogen-bond acceptors (Lipinski definition) is 3. The van der Waals surface area contributed by atoms with Gasteiger partial charge in [-0.25, -0.2) is 8.78 Å². The van der Waals surface area contributed by atoms with E-state index in [4.69, 9.17) is 0 Å². The Morgan fingerprint density at radius 3 is 2.65 bits per heavy atom. The van der Waals surface area contributed by atoms with Gasteiger partial charge in [0.15, 0.2) is 5.82 Å². The monoisotopic (exact) mass is 354 g/mol. The average molecular weight is 354 g/mol. The molecule has 1 aliphatic rings. The zero-order chi connectivity index (χ0) is 18.1. The largest absolute Gasteiger partial charge is 0.322 e. The van der Waals surface area contributed by atoms with Gasteiger partial charge in [-0.2, -0.15) is 0 Å². The van der Waals surface area contributed by atoms with E-state index in [-0.39, 0.29) is 5.56 Å². The number of aryl methyl sites for hydroxylation is 1. The van der Waals surface area contributed by atoms with Gasteiger partial charge >= 0.3 is 0 Å². The first-order valence-electron chi connectivity index (χ1n) is 8.40. The first kappa shape index (κ1) is 16.4. The van der Waals surface area contributed by atoms with E-state index in [0.29, 0.717) is 5.69 Å². The van der Waals surface area contributed by atoms with Crippen molar-refractivity contribution < 1.29 is 13.6 Å². The molecule has 0 bridgehead atoms. The van der Waals surface area contributed by atoms with Crippen LogP contribution >= 0.6 is 0 Å². The predicted octanol–water partition coefficient (Wildman–Crippen LogP) is 3.81. The number of fused-ring (bicyclic) bond motifs is 1. The van der Waals surface area contributed by atoms with Gasteiger partial charge in [0.2, 0.25) is 0 Å². The van der Waals surface area contributed by atoms with Crippen molar-refractivity contribution in [3.63, 3.8) is 0 Å². The minimum Gasteiger partial charge on any atom is -0.322 e. The summed E-state index contributed by atoms with van der Waals surface area (Å²) >= 11 is 0. The van der Waals surface area contributed by atoms with Crippen LogP contribution in [0, 0.1) is 11.6 Å². The number of amides is 1. The fourth-order valence-corrected chi connectivity index (χ4v) is 3.15. The molecule has 1 N–H and O–H groups in total. The number of nitrogens with zero attached hydrogens (tertiary/aromatic N) is 3. The van der Waals surface area contributed by atoms with E-state index in [2.05, 4.69) is 20.1 Å². The van der Waals surface area contributed by atoms with Crippen LogP contribution in [0.1, 0.15) is 29.0 Å². The average Bonchev–Trinajstić information content (AvgIpc) is 3.05. The molecule has 0 atom stereocenters. The second kappa shape index (κ2) is 6.67. The number of aromatic nitrogens is 3. The number of carbonyl (C=O) groups is 1. The maximum absolute atomic E-state index is 13.3. The number of benzene rings is 2. The fourth-order valence-electron chi connectivity index (χ4n) is 3.15. The Kier molecular flexibility index (Phi) is 4.20. The van der Waals surface area contributed by atoms with Gasteiger partial charge in [-0.15, -0.1) is 10.2 Å². The van der Waals surface area contributed by atoms with E-state index in [1.807, 2.05) is 6.07 Å². The normalized spacial score (nSPS) is 13.3. The van der Waals surface area contributed by atoms with Gasteiger partial charge in [0.05, 0.1) is 0 Å². The third-order valence-electron chi connectivity index (χ3n) is 4.36. The zero-order valence-electron chi connectivity index (χ0n) is 13.9. The molecule has 0 unspecified atom stereocenters. The van der Waals surface area contributed by atoms with E-state index >= 15 is 0 Å². The molecule has 0 aliphatic carbocycles. The van der Waals surface area contributed by atoms with Gasteiger partial charge in [0, 0.05) is 35.8 Å². The lowest BCUT2D eigenvalue weighted by Gasteiger charge is -2.15. The summed E-state index contributed by atoms with van der Waals surface area (Å²) in [6.45, 7) is 0.872. The van der Waals surface area contributed by atoms with Crippen LogP contribution in [0.3, 0.4) is 0 Å². The number of halogens is 2. The summed E-state index contributed by atoms with van der Waals surface area (Å²) in [6, 6.07) is 9.90. The SMILES string of the molecule is O=C(Nc1cccc(-c2nnc3n2CCCC3)c1)c1cc(F)cc(F)c1. The van der Waals surface area contributed by atoms with E-state index in [0.717, 1.165) is 61.2 Å². The predicted molar refractivity (Wildman–Crippen MR) is 92.7 cm³/mol. The summed E-state index contributed by atoms with van der Waals surface area (Å²) in [5.41, 5.74) is 1.27. The van der Waals surface area contributed by atoms with Gasteiger partial charge in [0.25, 0.3) is 5.91 Å². The van der Waals surface area contributed by atoms with Crippen LogP contribution < -0.4 is 5.32 Å². The third-order valence-corrected chi connectivity index (χ3v) is 4.36. The van der Waals surface area contributed by atoms with Crippen LogP contribution in [0.25, 0.3) is 11.4 Å². The number of rotatable bonds is 3. The molecule has 0 saturated heterocycles. The molecule has 0 spiro atoms. The highest BCUT2D eigenvalue weighted by atomic mass is 19.1. The van der Waals surface area contributed by atoms with E-state index in [9.17, 15) is 13.6 Å². The van der Waals surface area contributed by atoms with Crippen LogP contribution in [0.4, 0.5) is 14.5 Å². The molecule has 7 heteroatoms. The molecule has 0 fully saturated rings. The summed E-state index contributed by atoms with van der Waals surface area (Å²) < 4.78 is 28.7. The number of anilines is 1. The highest BCUT2D eigenvalue weighted by Crippen LogP contribution is 2.25. The molecule has 1 aliphatic heterocycles. The number of carbonyl (C=O) groups excluding carboxylic acids is 1. The summed E-state index contributed by atoms with van der Waals surface area (Å²) in [7, 11) is 0. The van der Waals surface area contributed by atoms with Crippen molar-refractivity contribution >= 4 is 11.6 Å². The van der Waals surface area contributed by atoms with Crippen molar-refractivity contribution in [2.45, 2.75) is 25.8 Å². The van der Waals surface area contributed by atoms with Crippen LogP contribution in [-0.2, 0) is 13.0 Å². The molecule has 0 saturated carbocycles. The second-order valence-electron chi connectivity index (χ2n) is 6.24. The standard InChI is InChI=1S/C19H16F2N4O/c20-14-8-13(9-15(21)11-14)19(26)22-16-5-3-4-12(10-16)18-24-23-17-6-1-2-7-25(17)18/h3-5,8-11H,1-2,6-7H2,(H,22,26). The van der Waals surface area contributed by atoms with Gasteiger partial charge in [-0.05, 0) is 37.1 Å². The topological polar surface area (TPSA) is 59.8 Å². The van der Waals surface area contributed by atoms with Crippen molar-refractivity contribution in [1.82, 2.24) is 14.8 Å². The lowest BCUT2D eigenvalue weighted by atomic mass is 10.1. The molecule has 132 valence electrons. The van der Waals surface area contributed by atoms with Crippen molar-refractivity contribution in [3.8, 4) is 11.4 Å². The lowest BCUT2D eigenvalue weighted by molar-refractivity contribution is 0.102.